The van der Waals surface area contributed by atoms with Crippen molar-refractivity contribution in [3.63, 3.8) is 0 Å². The van der Waals surface area contributed by atoms with E-state index in [0.29, 0.717) is 38.3 Å². The normalized spacial score (nSPS) is 17.7. The number of hydrogen-bond donors (Lipinski definition) is 4. The van der Waals surface area contributed by atoms with Gasteiger partial charge < -0.3 is 35.3 Å². The van der Waals surface area contributed by atoms with Gasteiger partial charge in [0.05, 0.1) is 45.2 Å². The lowest BCUT2D eigenvalue weighted by Crippen LogP contribution is -2.55. The predicted molar refractivity (Wildman–Crippen MR) is 192 cm³/mol. The zero-order valence-electron chi connectivity index (χ0n) is 28.6. The first-order valence-corrected chi connectivity index (χ1v) is 17.0. The zero-order chi connectivity index (χ0) is 34.8. The quantitative estimate of drug-likeness (QED) is 0.129. The van der Waals surface area contributed by atoms with E-state index in [2.05, 4.69) is 16.0 Å². The number of morpholine rings is 1. The molecule has 5 rings (SSSR count). The average molecular weight is 668 g/mol. The topological polar surface area (TPSA) is 118 Å². The van der Waals surface area contributed by atoms with E-state index in [1.54, 1.807) is 0 Å². The Kier molecular flexibility index (Phi) is 15.3. The molecule has 4 aromatic carbocycles. The van der Waals surface area contributed by atoms with Gasteiger partial charge in [-0.1, -0.05) is 123 Å². The summed E-state index contributed by atoms with van der Waals surface area (Å²) in [4.78, 5) is 26.6. The summed E-state index contributed by atoms with van der Waals surface area (Å²) in [5.74, 6) is -0.833. The third-order valence-corrected chi connectivity index (χ3v) is 8.42. The predicted octanol–water partition coefficient (Wildman–Crippen LogP) is 6.08. The van der Waals surface area contributed by atoms with Gasteiger partial charge in [-0.25, -0.2) is 4.79 Å². The Morgan fingerprint density at radius 3 is 2.08 bits per heavy atom. The van der Waals surface area contributed by atoms with Crippen molar-refractivity contribution in [2.45, 2.75) is 63.5 Å². The number of benzene rings is 4. The second-order valence-electron chi connectivity index (χ2n) is 11.6. The number of ether oxygens (including phenoxy) is 3. The van der Waals surface area contributed by atoms with Crippen LogP contribution in [-0.4, -0.2) is 68.3 Å². The molecular formula is C40H49N3O6. The Balaban J connectivity index is 0.00000265. The van der Waals surface area contributed by atoms with Crippen molar-refractivity contribution in [2.75, 3.05) is 32.2 Å². The molecular weight excluding hydrogens is 618 g/mol. The molecule has 260 valence electrons. The lowest BCUT2D eigenvalue weighted by molar-refractivity contribution is -0.118. The molecule has 1 saturated heterocycles. The van der Waals surface area contributed by atoms with Crippen LogP contribution in [0.2, 0.25) is 0 Å². The van der Waals surface area contributed by atoms with Crippen LogP contribution in [0.5, 0.6) is 0 Å². The van der Waals surface area contributed by atoms with Gasteiger partial charge >= 0.3 is 6.09 Å². The molecule has 0 aromatic heterocycles. The SMILES string of the molecule is CC.COC(=O)NC(C(=O)Nc1ccccc1CC[C@@H]1CN[C@H](COCc2ccccc2)[C@@H](CO)O1)C(c1ccccc1)c1ccccc1. The third-order valence-electron chi connectivity index (χ3n) is 8.42. The molecule has 0 bridgehead atoms. The van der Waals surface area contributed by atoms with Crippen molar-refractivity contribution < 1.29 is 28.9 Å². The zero-order valence-corrected chi connectivity index (χ0v) is 28.6. The highest BCUT2D eigenvalue weighted by Gasteiger charge is 2.34. The van der Waals surface area contributed by atoms with Gasteiger partial charge in [-0.15, -0.1) is 0 Å². The maximum atomic E-state index is 14.0. The Morgan fingerprint density at radius 1 is 0.878 bits per heavy atom. The number of carbonyl (C=O) groups excluding carboxylic acids is 2. The molecule has 0 saturated carbocycles. The van der Waals surface area contributed by atoms with Crippen LogP contribution in [-0.2, 0) is 32.0 Å². The van der Waals surface area contributed by atoms with Crippen molar-refractivity contribution in [1.82, 2.24) is 10.6 Å². The monoisotopic (exact) mass is 667 g/mol. The first-order chi connectivity index (χ1) is 24.1. The van der Waals surface area contributed by atoms with Crippen molar-refractivity contribution >= 4 is 17.7 Å². The molecule has 1 unspecified atom stereocenters. The van der Waals surface area contributed by atoms with Crippen molar-refractivity contribution in [2.24, 2.45) is 0 Å². The molecule has 1 aliphatic rings. The molecule has 0 aliphatic carbocycles. The molecule has 1 aliphatic heterocycles. The number of carbonyl (C=O) groups is 2. The lowest BCUT2D eigenvalue weighted by atomic mass is 9.84. The van der Waals surface area contributed by atoms with Crippen LogP contribution in [0.4, 0.5) is 10.5 Å². The standard InChI is InChI=1S/C38H43N3O6.C2H6/c1-45-38(44)41-36(35(29-16-7-3-8-17-29)30-18-9-4-10-19-30)37(43)40-32-20-12-11-15-28(32)21-22-31-23-39-33(34(24-42)47-31)26-46-25-27-13-5-2-6-14-27;1-2/h2-20,31,33-36,39,42H,21-26H2,1H3,(H,40,43)(H,41,44);1-2H3/t31-,33-,34-,36?;/m1./s1. The number of aryl methyl sites for hydroxylation is 1. The van der Waals surface area contributed by atoms with E-state index < -0.39 is 24.2 Å². The summed E-state index contributed by atoms with van der Waals surface area (Å²) in [6.07, 6.45) is 0.0908. The van der Waals surface area contributed by atoms with Gasteiger partial charge in [-0.05, 0) is 41.2 Å². The van der Waals surface area contributed by atoms with E-state index in [1.165, 1.54) is 7.11 Å². The van der Waals surface area contributed by atoms with Crippen molar-refractivity contribution in [1.29, 1.82) is 0 Å². The fourth-order valence-corrected chi connectivity index (χ4v) is 5.96. The number of para-hydroxylation sites is 1. The number of methoxy groups -OCH3 is 1. The fraction of sp³-hybridized carbons (Fsp3) is 0.350. The van der Waals surface area contributed by atoms with E-state index in [0.717, 1.165) is 22.3 Å². The summed E-state index contributed by atoms with van der Waals surface area (Å²) in [5, 5.41) is 19.4. The van der Waals surface area contributed by atoms with Gasteiger partial charge in [0.25, 0.3) is 0 Å². The summed E-state index contributed by atoms with van der Waals surface area (Å²) in [7, 11) is 1.28. The fourth-order valence-electron chi connectivity index (χ4n) is 5.96. The summed E-state index contributed by atoms with van der Waals surface area (Å²) >= 11 is 0. The number of nitrogens with one attached hydrogen (secondary N) is 3. The number of rotatable bonds is 14. The van der Waals surface area contributed by atoms with E-state index in [4.69, 9.17) is 14.2 Å². The molecule has 9 nitrogen and oxygen atoms in total. The highest BCUT2D eigenvalue weighted by molar-refractivity contribution is 5.98. The van der Waals surface area contributed by atoms with Crippen LogP contribution in [0.25, 0.3) is 0 Å². The van der Waals surface area contributed by atoms with Crippen LogP contribution >= 0.6 is 0 Å². The number of aliphatic hydroxyl groups excluding tert-OH is 1. The Morgan fingerprint density at radius 2 is 1.47 bits per heavy atom. The smallest absolute Gasteiger partial charge is 0.407 e. The Bertz CT molecular complexity index is 1500. The molecule has 0 radical (unpaired) electrons. The highest BCUT2D eigenvalue weighted by Crippen LogP contribution is 2.30. The molecule has 0 spiro atoms. The Hall–Kier alpha value is -4.54. The highest BCUT2D eigenvalue weighted by atomic mass is 16.5. The first-order valence-electron chi connectivity index (χ1n) is 17.0. The van der Waals surface area contributed by atoms with Gasteiger partial charge in [0.1, 0.15) is 6.04 Å². The van der Waals surface area contributed by atoms with E-state index in [1.807, 2.05) is 129 Å². The summed E-state index contributed by atoms with van der Waals surface area (Å²) < 4.78 is 17.1. The minimum atomic E-state index is -0.961. The maximum Gasteiger partial charge on any atom is 0.407 e. The van der Waals surface area contributed by atoms with Crippen molar-refractivity contribution in [3.8, 4) is 0 Å². The second kappa shape index (κ2) is 20.1. The van der Waals surface area contributed by atoms with E-state index in [9.17, 15) is 14.7 Å². The molecule has 49 heavy (non-hydrogen) atoms. The molecule has 1 fully saturated rings. The summed E-state index contributed by atoms with van der Waals surface area (Å²) in [6, 6.07) is 35.8. The molecule has 1 heterocycles. The van der Waals surface area contributed by atoms with Gasteiger partial charge in [0.15, 0.2) is 0 Å². The van der Waals surface area contributed by atoms with Crippen LogP contribution in [0, 0.1) is 0 Å². The molecule has 4 N–H and O–H groups in total. The van der Waals surface area contributed by atoms with E-state index in [-0.39, 0.29) is 24.7 Å². The van der Waals surface area contributed by atoms with Crippen LogP contribution in [0.1, 0.15) is 48.4 Å². The van der Waals surface area contributed by atoms with Crippen LogP contribution in [0.15, 0.2) is 115 Å². The van der Waals surface area contributed by atoms with Crippen LogP contribution in [0.3, 0.4) is 0 Å². The minimum Gasteiger partial charge on any atom is -0.453 e. The maximum absolute atomic E-state index is 14.0. The van der Waals surface area contributed by atoms with Crippen molar-refractivity contribution in [3.05, 3.63) is 138 Å². The van der Waals surface area contributed by atoms with Gasteiger partial charge in [0, 0.05) is 18.2 Å². The third kappa shape index (κ3) is 11.0. The number of alkyl carbamates (subject to hydrolysis) is 1. The molecule has 2 amide bonds. The number of hydrogen-bond acceptors (Lipinski definition) is 7. The Labute approximate surface area is 290 Å². The largest absolute Gasteiger partial charge is 0.453 e. The van der Waals surface area contributed by atoms with Gasteiger partial charge in [-0.3, -0.25) is 4.79 Å². The first kappa shape index (κ1) is 37.3. The van der Waals surface area contributed by atoms with E-state index >= 15 is 0 Å². The number of anilines is 1. The van der Waals surface area contributed by atoms with Crippen LogP contribution < -0.4 is 16.0 Å². The summed E-state index contributed by atoms with van der Waals surface area (Å²) in [5.41, 5.74) is 4.45. The van der Waals surface area contributed by atoms with Gasteiger partial charge in [0.2, 0.25) is 5.91 Å². The summed E-state index contributed by atoms with van der Waals surface area (Å²) in [6.45, 7) is 5.42. The second-order valence-corrected chi connectivity index (χ2v) is 11.6. The minimum absolute atomic E-state index is 0.117. The average Bonchev–Trinajstić information content (AvgIpc) is 3.16. The number of amides is 2. The molecule has 4 aromatic rings. The number of aliphatic hydroxyl groups is 1. The molecule has 9 heteroatoms. The lowest BCUT2D eigenvalue weighted by Gasteiger charge is -2.36. The molecule has 4 atom stereocenters. The van der Waals surface area contributed by atoms with Gasteiger partial charge in [-0.2, -0.15) is 0 Å².